The Labute approximate surface area is 86.6 Å². The van der Waals surface area contributed by atoms with Crippen molar-refractivity contribution in [2.45, 2.75) is 33.1 Å². The van der Waals surface area contributed by atoms with Crippen LogP contribution in [0.2, 0.25) is 0 Å². The molecule has 0 aliphatic heterocycles. The monoisotopic (exact) mass is 196 g/mol. The maximum absolute atomic E-state index is 5.67. The molecule has 0 unspecified atom stereocenters. The molecular weight excluding hydrogens is 176 g/mol. The second kappa shape index (κ2) is 5.74. The first kappa shape index (κ1) is 11.2. The van der Waals surface area contributed by atoms with Gasteiger partial charge in [-0.25, -0.2) is 0 Å². The molecule has 14 heavy (non-hydrogen) atoms. The van der Waals surface area contributed by atoms with E-state index < -0.39 is 0 Å². The van der Waals surface area contributed by atoms with Gasteiger partial charge in [0, 0.05) is 0 Å². The molecular formula is C12H20O2. The number of hydrogen-bond donors (Lipinski definition) is 0. The van der Waals surface area contributed by atoms with Gasteiger partial charge in [-0.15, -0.1) is 0 Å². The molecule has 0 saturated carbocycles. The Kier molecular flexibility index (Phi) is 4.57. The highest BCUT2D eigenvalue weighted by atomic mass is 16.5. The van der Waals surface area contributed by atoms with E-state index >= 15 is 0 Å². The molecule has 0 radical (unpaired) electrons. The summed E-state index contributed by atoms with van der Waals surface area (Å²) >= 11 is 0. The quantitative estimate of drug-likeness (QED) is 0.672. The minimum Gasteiger partial charge on any atom is -0.493 e. The van der Waals surface area contributed by atoms with Crippen LogP contribution in [0.3, 0.4) is 0 Å². The summed E-state index contributed by atoms with van der Waals surface area (Å²) in [4.78, 5) is 0. The zero-order valence-electron chi connectivity index (χ0n) is 9.38. The Morgan fingerprint density at radius 2 is 1.86 bits per heavy atom. The third-order valence-electron chi connectivity index (χ3n) is 2.24. The van der Waals surface area contributed by atoms with E-state index in [1.807, 2.05) is 0 Å². The summed E-state index contributed by atoms with van der Waals surface area (Å²) in [6.45, 7) is 5.18. The van der Waals surface area contributed by atoms with Crippen LogP contribution in [-0.4, -0.2) is 13.7 Å². The van der Waals surface area contributed by atoms with Gasteiger partial charge in [0.15, 0.2) is 11.5 Å². The number of allylic oxidation sites excluding steroid dienone is 2. The van der Waals surface area contributed by atoms with Crippen molar-refractivity contribution >= 4 is 0 Å². The fraction of sp³-hybridized carbons (Fsp3) is 0.667. The van der Waals surface area contributed by atoms with Gasteiger partial charge in [0.05, 0.1) is 13.7 Å². The molecule has 0 aromatic rings. The first-order valence-corrected chi connectivity index (χ1v) is 5.31. The molecule has 0 amide bonds. The van der Waals surface area contributed by atoms with Crippen LogP contribution < -0.4 is 0 Å². The van der Waals surface area contributed by atoms with Crippen LogP contribution in [-0.2, 0) is 9.47 Å². The third-order valence-corrected chi connectivity index (χ3v) is 2.24. The van der Waals surface area contributed by atoms with E-state index in [0.29, 0.717) is 5.92 Å². The molecule has 0 aromatic heterocycles. The van der Waals surface area contributed by atoms with Gasteiger partial charge in [-0.05, 0) is 37.3 Å². The maximum Gasteiger partial charge on any atom is 0.156 e. The van der Waals surface area contributed by atoms with Crippen molar-refractivity contribution in [3.8, 4) is 0 Å². The zero-order valence-corrected chi connectivity index (χ0v) is 9.38. The largest absolute Gasteiger partial charge is 0.493 e. The standard InChI is InChI=1S/C12H20O2/c1-10(2)8-9-14-12-7-5-4-6-11(12)13-3/h6-7,10H,4-5,8-9H2,1-3H3. The number of hydrogen-bond acceptors (Lipinski definition) is 2. The minimum atomic E-state index is 0.689. The predicted octanol–water partition coefficient (Wildman–Crippen LogP) is 3.26. The van der Waals surface area contributed by atoms with Gasteiger partial charge in [-0.1, -0.05) is 13.8 Å². The maximum atomic E-state index is 5.67. The molecule has 0 bridgehead atoms. The topological polar surface area (TPSA) is 18.5 Å². The highest BCUT2D eigenvalue weighted by Crippen LogP contribution is 2.20. The number of ether oxygens (including phenoxy) is 2. The van der Waals surface area contributed by atoms with E-state index in [1.54, 1.807) is 7.11 Å². The second-order valence-electron chi connectivity index (χ2n) is 3.95. The Bertz CT molecular complexity index is 226. The van der Waals surface area contributed by atoms with Crippen molar-refractivity contribution in [3.63, 3.8) is 0 Å². The van der Waals surface area contributed by atoms with Gasteiger partial charge < -0.3 is 9.47 Å². The summed E-state index contributed by atoms with van der Waals surface area (Å²) in [7, 11) is 1.69. The first-order chi connectivity index (χ1) is 6.74. The first-order valence-electron chi connectivity index (χ1n) is 5.31. The van der Waals surface area contributed by atoms with Gasteiger partial charge in [0.1, 0.15) is 0 Å². The normalized spacial score (nSPS) is 16.3. The van der Waals surface area contributed by atoms with Crippen molar-refractivity contribution in [2.75, 3.05) is 13.7 Å². The van der Waals surface area contributed by atoms with Crippen LogP contribution in [0.4, 0.5) is 0 Å². The zero-order chi connectivity index (χ0) is 10.4. The molecule has 2 heteroatoms. The van der Waals surface area contributed by atoms with Gasteiger partial charge in [-0.3, -0.25) is 0 Å². The average molecular weight is 196 g/mol. The summed E-state index contributed by atoms with van der Waals surface area (Å²) < 4.78 is 10.9. The SMILES string of the molecule is COC1=CCCC=C1OCCC(C)C. The fourth-order valence-electron chi connectivity index (χ4n) is 1.35. The lowest BCUT2D eigenvalue weighted by molar-refractivity contribution is 0.162. The van der Waals surface area contributed by atoms with E-state index in [2.05, 4.69) is 26.0 Å². The van der Waals surface area contributed by atoms with Crippen LogP contribution in [0.15, 0.2) is 23.7 Å². The van der Waals surface area contributed by atoms with Gasteiger partial charge in [-0.2, -0.15) is 0 Å². The minimum absolute atomic E-state index is 0.689. The molecule has 1 aliphatic carbocycles. The second-order valence-corrected chi connectivity index (χ2v) is 3.95. The van der Waals surface area contributed by atoms with Crippen LogP contribution in [0.5, 0.6) is 0 Å². The average Bonchev–Trinajstić information content (AvgIpc) is 2.18. The molecule has 0 fully saturated rings. The Hall–Kier alpha value is -0.920. The van der Waals surface area contributed by atoms with Crippen molar-refractivity contribution in [1.29, 1.82) is 0 Å². The van der Waals surface area contributed by atoms with Crippen LogP contribution >= 0.6 is 0 Å². The molecule has 80 valence electrons. The van der Waals surface area contributed by atoms with Crippen molar-refractivity contribution < 1.29 is 9.47 Å². The molecule has 0 aromatic carbocycles. The molecule has 2 nitrogen and oxygen atoms in total. The highest BCUT2D eigenvalue weighted by molar-refractivity contribution is 5.23. The highest BCUT2D eigenvalue weighted by Gasteiger charge is 2.10. The van der Waals surface area contributed by atoms with E-state index in [0.717, 1.165) is 37.4 Å². The summed E-state index contributed by atoms with van der Waals surface area (Å²) in [5.74, 6) is 2.49. The molecule has 0 N–H and O–H groups in total. The summed E-state index contributed by atoms with van der Waals surface area (Å²) in [6.07, 6.45) is 7.41. The van der Waals surface area contributed by atoms with E-state index in [-0.39, 0.29) is 0 Å². The third kappa shape index (κ3) is 3.44. The lowest BCUT2D eigenvalue weighted by Gasteiger charge is -2.16. The van der Waals surface area contributed by atoms with Gasteiger partial charge in [0.2, 0.25) is 0 Å². The Morgan fingerprint density at radius 3 is 2.43 bits per heavy atom. The Morgan fingerprint density at radius 1 is 1.21 bits per heavy atom. The lowest BCUT2D eigenvalue weighted by atomic mass is 10.1. The van der Waals surface area contributed by atoms with Crippen LogP contribution in [0, 0.1) is 5.92 Å². The van der Waals surface area contributed by atoms with E-state index in [4.69, 9.17) is 9.47 Å². The lowest BCUT2D eigenvalue weighted by Crippen LogP contribution is -2.04. The van der Waals surface area contributed by atoms with Gasteiger partial charge in [0.25, 0.3) is 0 Å². The summed E-state index contributed by atoms with van der Waals surface area (Å²) in [5.41, 5.74) is 0. The van der Waals surface area contributed by atoms with Crippen LogP contribution in [0.1, 0.15) is 33.1 Å². The summed E-state index contributed by atoms with van der Waals surface area (Å²) in [6, 6.07) is 0. The van der Waals surface area contributed by atoms with Gasteiger partial charge >= 0.3 is 0 Å². The number of rotatable bonds is 5. The molecule has 0 heterocycles. The smallest absolute Gasteiger partial charge is 0.156 e. The van der Waals surface area contributed by atoms with E-state index in [9.17, 15) is 0 Å². The molecule has 0 atom stereocenters. The Balaban J connectivity index is 2.35. The molecule has 1 aliphatic rings. The molecule has 0 spiro atoms. The summed E-state index contributed by atoms with van der Waals surface area (Å²) in [5, 5.41) is 0. The fourth-order valence-corrected chi connectivity index (χ4v) is 1.35. The van der Waals surface area contributed by atoms with Crippen LogP contribution in [0.25, 0.3) is 0 Å². The van der Waals surface area contributed by atoms with Crippen molar-refractivity contribution in [3.05, 3.63) is 23.7 Å². The number of methoxy groups -OCH3 is 1. The van der Waals surface area contributed by atoms with Crippen molar-refractivity contribution in [1.82, 2.24) is 0 Å². The van der Waals surface area contributed by atoms with E-state index in [1.165, 1.54) is 0 Å². The van der Waals surface area contributed by atoms with Crippen molar-refractivity contribution in [2.24, 2.45) is 5.92 Å². The molecule has 0 saturated heterocycles. The molecule has 1 rings (SSSR count). The predicted molar refractivity (Wildman–Crippen MR) is 57.8 cm³/mol.